The van der Waals surface area contributed by atoms with Gasteiger partial charge in [0.2, 0.25) is 5.91 Å². The first-order chi connectivity index (χ1) is 18.0. The van der Waals surface area contributed by atoms with Gasteiger partial charge in [-0.2, -0.15) is 0 Å². The molecule has 185 valence electrons. The Morgan fingerprint density at radius 2 is 1.45 bits per heavy atom. The predicted molar refractivity (Wildman–Crippen MR) is 153 cm³/mol. The fourth-order valence-electron chi connectivity index (χ4n) is 4.70. The van der Waals surface area contributed by atoms with Gasteiger partial charge in [0.05, 0.1) is 11.6 Å². The summed E-state index contributed by atoms with van der Waals surface area (Å²) in [4.78, 5) is 22.5. The smallest absolute Gasteiger partial charge is 0.312 e. The van der Waals surface area contributed by atoms with Crippen molar-refractivity contribution in [3.05, 3.63) is 137 Å². The Kier molecular flexibility index (Phi) is 9.08. The van der Waals surface area contributed by atoms with Gasteiger partial charge in [0.1, 0.15) is 6.42 Å². The number of amides is 1. The third-order valence-electron chi connectivity index (χ3n) is 6.33. The maximum absolute atomic E-state index is 11.8. The van der Waals surface area contributed by atoms with Crippen molar-refractivity contribution in [2.75, 3.05) is 5.32 Å². The van der Waals surface area contributed by atoms with Crippen LogP contribution in [0.25, 0.3) is 10.9 Å². The summed E-state index contributed by atoms with van der Waals surface area (Å²) in [6.07, 6.45) is 2.33. The van der Waals surface area contributed by atoms with Gasteiger partial charge in [0, 0.05) is 51.9 Å². The molecule has 1 amide bonds. The van der Waals surface area contributed by atoms with Gasteiger partial charge >= 0.3 is 5.97 Å². The topological polar surface area (TPSA) is 71.3 Å². The van der Waals surface area contributed by atoms with E-state index in [9.17, 15) is 9.59 Å². The molecule has 1 radical (unpaired) electrons. The maximum atomic E-state index is 11.8. The molecular weight excluding hydrogens is 507 g/mol. The van der Waals surface area contributed by atoms with Gasteiger partial charge in [-0.25, -0.2) is 0 Å². The van der Waals surface area contributed by atoms with E-state index in [1.807, 2.05) is 36.4 Å². The monoisotopic (exact) mass is 531 g/mol. The van der Waals surface area contributed by atoms with Crippen LogP contribution < -0.4 is 5.32 Å². The number of carbonyl (C=O) groups is 2. The molecule has 5 rings (SSSR count). The van der Waals surface area contributed by atoms with Crippen molar-refractivity contribution in [1.82, 2.24) is 4.57 Å². The summed E-state index contributed by atoms with van der Waals surface area (Å²) in [5.74, 6) is -1.71. The van der Waals surface area contributed by atoms with Crippen LogP contribution in [0, 0.1) is 0 Å². The molecule has 0 bridgehead atoms. The molecule has 1 heterocycles. The number of nitrogens with one attached hydrogen (secondary N) is 1. The van der Waals surface area contributed by atoms with Crippen LogP contribution in [0.3, 0.4) is 0 Å². The van der Waals surface area contributed by atoms with Gasteiger partial charge in [-0.15, -0.1) is 0 Å². The fraction of sp³-hybridized carbons (Fsp3) is 0.0968. The Balaban J connectivity index is 0.00000336. The van der Waals surface area contributed by atoms with E-state index in [1.165, 1.54) is 11.1 Å². The Labute approximate surface area is 248 Å². The first-order valence-corrected chi connectivity index (χ1v) is 12.3. The zero-order chi connectivity index (χ0) is 25.8. The number of hydrogen-bond donors (Lipinski definition) is 2. The molecule has 0 aliphatic heterocycles. The first-order valence-electron chi connectivity index (χ1n) is 12.0. The minimum atomic E-state index is -1.16. The van der Waals surface area contributed by atoms with E-state index < -0.39 is 18.3 Å². The average molecular weight is 532 g/mol. The van der Waals surface area contributed by atoms with E-state index in [0.717, 1.165) is 22.0 Å². The molecule has 38 heavy (non-hydrogen) atoms. The number of hydrogen-bond acceptors (Lipinski definition) is 2. The van der Waals surface area contributed by atoms with E-state index in [2.05, 4.69) is 70.7 Å². The molecule has 5 nitrogen and oxygen atoms in total. The van der Waals surface area contributed by atoms with E-state index in [4.69, 9.17) is 16.7 Å². The van der Waals surface area contributed by atoms with Crippen LogP contribution in [-0.2, 0) is 16.0 Å². The number of rotatable bonds is 8. The maximum Gasteiger partial charge on any atom is 0.312 e. The number of anilines is 1. The quantitative estimate of drug-likeness (QED) is 0.176. The second-order valence-corrected chi connectivity index (χ2v) is 9.38. The summed E-state index contributed by atoms with van der Waals surface area (Å²) >= 11 is 6.46. The number of carboxylic acids is 1. The first kappa shape index (κ1) is 27.7. The van der Waals surface area contributed by atoms with Crippen LogP contribution in [0.2, 0.25) is 5.02 Å². The molecule has 5 aromatic rings. The van der Waals surface area contributed by atoms with Crippen LogP contribution in [0.1, 0.15) is 34.7 Å². The molecular formula is C31H25ClN2NaO3. The van der Waals surface area contributed by atoms with Crippen molar-refractivity contribution in [3.8, 4) is 0 Å². The number of aromatic nitrogens is 1. The summed E-state index contributed by atoms with van der Waals surface area (Å²) in [7, 11) is 0. The van der Waals surface area contributed by atoms with Crippen molar-refractivity contribution < 1.29 is 14.7 Å². The molecule has 0 saturated carbocycles. The summed E-state index contributed by atoms with van der Waals surface area (Å²) in [6, 6.07) is 34.3. The van der Waals surface area contributed by atoms with Crippen molar-refractivity contribution >= 4 is 69.6 Å². The Morgan fingerprint density at radius 1 is 0.842 bits per heavy atom. The second kappa shape index (κ2) is 12.5. The minimum absolute atomic E-state index is 0. The van der Waals surface area contributed by atoms with E-state index >= 15 is 0 Å². The van der Waals surface area contributed by atoms with Gasteiger partial charge in [-0.05, 0) is 52.9 Å². The number of aliphatic carboxylic acids is 1. The van der Waals surface area contributed by atoms with Crippen molar-refractivity contribution in [1.29, 1.82) is 0 Å². The average Bonchev–Trinajstić information content (AvgIpc) is 3.23. The van der Waals surface area contributed by atoms with Crippen LogP contribution in [0.15, 0.2) is 109 Å². The Hall–Kier alpha value is -3.35. The van der Waals surface area contributed by atoms with Gasteiger partial charge in [-0.1, -0.05) is 90.5 Å². The van der Waals surface area contributed by atoms with Gasteiger partial charge in [0.25, 0.3) is 0 Å². The molecule has 4 aromatic carbocycles. The van der Waals surface area contributed by atoms with Gasteiger partial charge in [0.15, 0.2) is 0 Å². The third-order valence-corrected chi connectivity index (χ3v) is 6.57. The number of halogens is 1. The SMILES string of the molecule is O=C(O)CC(=O)Nc1ccc(Cc2cn(C(c3ccccc3)c3ccccc3)c3cc(Cl)ccc23)cc1.[Na]. The zero-order valence-corrected chi connectivity index (χ0v) is 23.7. The summed E-state index contributed by atoms with van der Waals surface area (Å²) < 4.78 is 2.29. The van der Waals surface area contributed by atoms with Crippen LogP contribution in [-0.4, -0.2) is 51.1 Å². The normalized spacial score (nSPS) is 10.8. The van der Waals surface area contributed by atoms with E-state index in [-0.39, 0.29) is 35.6 Å². The largest absolute Gasteiger partial charge is 0.481 e. The molecule has 0 fully saturated rings. The number of carboxylic acid groups (broad SMARTS) is 1. The molecule has 0 spiro atoms. The second-order valence-electron chi connectivity index (χ2n) is 8.94. The number of carbonyl (C=O) groups excluding carboxylic acids is 1. The summed E-state index contributed by atoms with van der Waals surface area (Å²) in [5, 5.41) is 13.2. The number of benzene rings is 4. The fourth-order valence-corrected chi connectivity index (χ4v) is 4.87. The standard InChI is InChI=1S/C31H25ClN2O3.Na/c32-25-13-16-27-24(17-21-11-14-26(15-12-21)33-29(35)19-30(36)37)20-34(28(27)18-25)31(22-7-3-1-4-8-22)23-9-5-2-6-10-23;/h1-16,18,20,31H,17,19H2,(H,33,35)(H,36,37);. The molecule has 2 N–H and O–H groups in total. The minimum Gasteiger partial charge on any atom is -0.481 e. The van der Waals surface area contributed by atoms with Crippen LogP contribution in [0.5, 0.6) is 0 Å². The zero-order valence-electron chi connectivity index (χ0n) is 21.0. The van der Waals surface area contributed by atoms with Gasteiger partial charge in [-0.3, -0.25) is 9.59 Å². The van der Waals surface area contributed by atoms with E-state index in [1.54, 1.807) is 12.1 Å². The van der Waals surface area contributed by atoms with Crippen molar-refractivity contribution in [3.63, 3.8) is 0 Å². The van der Waals surface area contributed by atoms with Crippen molar-refractivity contribution in [2.24, 2.45) is 0 Å². The summed E-state index contributed by atoms with van der Waals surface area (Å²) in [5.41, 5.74) is 6.21. The molecule has 0 saturated heterocycles. The Bertz CT molecular complexity index is 1510. The van der Waals surface area contributed by atoms with Crippen LogP contribution in [0.4, 0.5) is 5.69 Å². The molecule has 0 aliphatic rings. The molecule has 0 unspecified atom stereocenters. The van der Waals surface area contributed by atoms with Crippen LogP contribution >= 0.6 is 11.6 Å². The van der Waals surface area contributed by atoms with Crippen molar-refractivity contribution in [2.45, 2.75) is 18.9 Å². The molecule has 7 heteroatoms. The third kappa shape index (κ3) is 6.37. The predicted octanol–water partition coefficient (Wildman–Crippen LogP) is 6.56. The van der Waals surface area contributed by atoms with Gasteiger partial charge < -0.3 is 15.0 Å². The van der Waals surface area contributed by atoms with E-state index in [0.29, 0.717) is 17.1 Å². The molecule has 1 aromatic heterocycles. The Morgan fingerprint density at radius 3 is 2.03 bits per heavy atom. The molecule has 0 atom stereocenters. The number of fused-ring (bicyclic) bond motifs is 1. The summed E-state index contributed by atoms with van der Waals surface area (Å²) in [6.45, 7) is 0. The molecule has 0 aliphatic carbocycles. The number of nitrogens with zero attached hydrogens (tertiary/aromatic N) is 1.